The van der Waals surface area contributed by atoms with E-state index < -0.39 is 10.2 Å². The Morgan fingerprint density at radius 3 is 2.38 bits per heavy atom. The normalized spacial score (nSPS) is 12.1. The SMILES string of the molecule is Cc1nc(CC=O)n(S(=O)(=O)N(C)C)c1C. The number of rotatable bonds is 4. The van der Waals surface area contributed by atoms with Gasteiger partial charge in [-0.2, -0.15) is 12.7 Å². The van der Waals surface area contributed by atoms with E-state index >= 15 is 0 Å². The van der Waals surface area contributed by atoms with Gasteiger partial charge in [0.1, 0.15) is 12.1 Å². The molecule has 6 nitrogen and oxygen atoms in total. The summed E-state index contributed by atoms with van der Waals surface area (Å²) in [4.78, 5) is 14.6. The Balaban J connectivity index is 3.48. The summed E-state index contributed by atoms with van der Waals surface area (Å²) in [5.41, 5.74) is 1.15. The highest BCUT2D eigenvalue weighted by atomic mass is 32.2. The summed E-state index contributed by atoms with van der Waals surface area (Å²) in [5, 5.41) is 0. The van der Waals surface area contributed by atoms with Crippen molar-refractivity contribution in [3.05, 3.63) is 17.2 Å². The van der Waals surface area contributed by atoms with Crippen molar-refractivity contribution in [3.8, 4) is 0 Å². The Morgan fingerprint density at radius 2 is 1.94 bits per heavy atom. The highest BCUT2D eigenvalue weighted by Crippen LogP contribution is 2.15. The van der Waals surface area contributed by atoms with Crippen molar-refractivity contribution in [2.75, 3.05) is 14.1 Å². The third-order valence-corrected chi connectivity index (χ3v) is 4.19. The second-order valence-electron chi connectivity index (χ2n) is 3.62. The predicted molar refractivity (Wildman–Crippen MR) is 59.5 cm³/mol. The first-order valence-corrected chi connectivity index (χ1v) is 6.13. The number of aromatic nitrogens is 2. The molecule has 16 heavy (non-hydrogen) atoms. The number of carbonyl (C=O) groups excluding carboxylic acids is 1. The molecular weight excluding hydrogens is 230 g/mol. The van der Waals surface area contributed by atoms with E-state index in [1.807, 2.05) is 0 Å². The van der Waals surface area contributed by atoms with E-state index in [9.17, 15) is 13.2 Å². The third kappa shape index (κ3) is 2.00. The number of imidazole rings is 1. The van der Waals surface area contributed by atoms with E-state index in [2.05, 4.69) is 4.98 Å². The lowest BCUT2D eigenvalue weighted by molar-refractivity contribution is -0.107. The van der Waals surface area contributed by atoms with E-state index in [1.54, 1.807) is 13.8 Å². The fourth-order valence-electron chi connectivity index (χ4n) is 1.33. The smallest absolute Gasteiger partial charge is 0.303 e. The van der Waals surface area contributed by atoms with Crippen LogP contribution in [0.5, 0.6) is 0 Å². The van der Waals surface area contributed by atoms with Gasteiger partial charge >= 0.3 is 10.2 Å². The van der Waals surface area contributed by atoms with E-state index in [1.165, 1.54) is 14.1 Å². The van der Waals surface area contributed by atoms with Gasteiger partial charge < -0.3 is 4.79 Å². The largest absolute Gasteiger partial charge is 0.308 e. The molecule has 0 spiro atoms. The Labute approximate surface area is 95.1 Å². The molecule has 7 heteroatoms. The van der Waals surface area contributed by atoms with Crippen LogP contribution in [0.2, 0.25) is 0 Å². The molecule has 1 heterocycles. The third-order valence-electron chi connectivity index (χ3n) is 2.32. The number of hydrogen-bond acceptors (Lipinski definition) is 4. The molecule has 0 unspecified atom stereocenters. The highest BCUT2D eigenvalue weighted by Gasteiger charge is 2.24. The van der Waals surface area contributed by atoms with Crippen molar-refractivity contribution < 1.29 is 13.2 Å². The highest BCUT2D eigenvalue weighted by molar-refractivity contribution is 7.87. The first kappa shape index (κ1) is 12.9. The number of hydrogen-bond donors (Lipinski definition) is 0. The van der Waals surface area contributed by atoms with Gasteiger partial charge in [-0.15, -0.1) is 0 Å². The van der Waals surface area contributed by atoms with Gasteiger partial charge in [-0.1, -0.05) is 0 Å². The van der Waals surface area contributed by atoms with Crippen molar-refractivity contribution in [1.29, 1.82) is 0 Å². The van der Waals surface area contributed by atoms with Crippen LogP contribution in [-0.4, -0.2) is 42.1 Å². The molecule has 0 amide bonds. The minimum Gasteiger partial charge on any atom is -0.303 e. The average Bonchev–Trinajstić information content (AvgIpc) is 2.43. The summed E-state index contributed by atoms with van der Waals surface area (Å²) in [6.07, 6.45) is 0.630. The summed E-state index contributed by atoms with van der Waals surface area (Å²) in [7, 11) is -0.732. The topological polar surface area (TPSA) is 72.3 Å². The molecule has 0 saturated carbocycles. The van der Waals surface area contributed by atoms with E-state index in [-0.39, 0.29) is 12.2 Å². The molecule has 0 N–H and O–H groups in total. The van der Waals surface area contributed by atoms with Gasteiger partial charge in [-0.3, -0.25) is 0 Å². The maximum absolute atomic E-state index is 12.0. The van der Waals surface area contributed by atoms with Crippen LogP contribution < -0.4 is 0 Å². The van der Waals surface area contributed by atoms with Gasteiger partial charge in [0.25, 0.3) is 0 Å². The second kappa shape index (κ2) is 4.34. The van der Waals surface area contributed by atoms with E-state index in [0.29, 0.717) is 17.7 Å². The van der Waals surface area contributed by atoms with Crippen LogP contribution in [-0.2, 0) is 21.4 Å². The van der Waals surface area contributed by atoms with Gasteiger partial charge in [0.15, 0.2) is 0 Å². The van der Waals surface area contributed by atoms with Crippen molar-refractivity contribution in [2.24, 2.45) is 0 Å². The molecule has 0 aliphatic heterocycles. The van der Waals surface area contributed by atoms with Crippen LogP contribution >= 0.6 is 0 Å². The standard InChI is InChI=1S/C9H15N3O3S/c1-7-8(2)12(9(10-7)5-6-13)16(14,15)11(3)4/h6H,5H2,1-4H3. The molecular formula is C9H15N3O3S. The maximum atomic E-state index is 12.0. The van der Waals surface area contributed by atoms with Crippen molar-refractivity contribution >= 4 is 16.5 Å². The van der Waals surface area contributed by atoms with Crippen LogP contribution in [0.3, 0.4) is 0 Å². The van der Waals surface area contributed by atoms with E-state index in [4.69, 9.17) is 0 Å². The summed E-state index contributed by atoms with van der Waals surface area (Å²) in [6.45, 7) is 3.38. The maximum Gasteiger partial charge on any atom is 0.308 e. The van der Waals surface area contributed by atoms with E-state index in [0.717, 1.165) is 8.28 Å². The lowest BCUT2D eigenvalue weighted by Crippen LogP contribution is -2.31. The quantitative estimate of drug-likeness (QED) is 0.694. The zero-order chi connectivity index (χ0) is 12.5. The number of carbonyl (C=O) groups is 1. The van der Waals surface area contributed by atoms with Crippen molar-refractivity contribution in [3.63, 3.8) is 0 Å². The number of nitrogens with zero attached hydrogens (tertiary/aromatic N) is 3. The molecule has 1 rings (SSSR count). The predicted octanol–water partition coefficient (Wildman–Crippen LogP) is -0.104. The van der Waals surface area contributed by atoms with Crippen molar-refractivity contribution in [1.82, 2.24) is 13.3 Å². The first-order valence-electron chi connectivity index (χ1n) is 4.73. The fraction of sp³-hybridized carbons (Fsp3) is 0.556. The van der Waals surface area contributed by atoms with Crippen LogP contribution in [0.4, 0.5) is 0 Å². The molecule has 0 aromatic carbocycles. The lowest BCUT2D eigenvalue weighted by atomic mass is 10.4. The molecule has 0 aliphatic rings. The van der Waals surface area contributed by atoms with Crippen LogP contribution in [0.15, 0.2) is 0 Å². The first-order chi connectivity index (χ1) is 7.32. The second-order valence-corrected chi connectivity index (χ2v) is 5.62. The van der Waals surface area contributed by atoms with Crippen LogP contribution in [0.25, 0.3) is 0 Å². The number of aryl methyl sites for hydroxylation is 1. The molecule has 0 fully saturated rings. The zero-order valence-corrected chi connectivity index (χ0v) is 10.6. The monoisotopic (exact) mass is 245 g/mol. The molecule has 0 bridgehead atoms. The van der Waals surface area contributed by atoms with Gasteiger partial charge in [-0.05, 0) is 13.8 Å². The molecule has 0 atom stereocenters. The molecule has 1 aromatic rings. The van der Waals surface area contributed by atoms with Crippen LogP contribution in [0, 0.1) is 13.8 Å². The van der Waals surface area contributed by atoms with Crippen LogP contribution in [0.1, 0.15) is 17.2 Å². The van der Waals surface area contributed by atoms with Crippen molar-refractivity contribution in [2.45, 2.75) is 20.3 Å². The number of aldehydes is 1. The minimum atomic E-state index is -3.61. The Hall–Kier alpha value is -1.21. The fourth-order valence-corrected chi connectivity index (χ4v) is 2.52. The van der Waals surface area contributed by atoms with Gasteiger partial charge in [0, 0.05) is 14.1 Å². The molecule has 0 radical (unpaired) electrons. The summed E-state index contributed by atoms with van der Waals surface area (Å²) < 4.78 is 26.2. The zero-order valence-electron chi connectivity index (χ0n) is 9.76. The van der Waals surface area contributed by atoms with Gasteiger partial charge in [0.2, 0.25) is 0 Å². The molecule has 90 valence electrons. The Morgan fingerprint density at radius 1 is 1.38 bits per heavy atom. The Bertz CT molecular complexity index is 502. The average molecular weight is 245 g/mol. The summed E-state index contributed by atoms with van der Waals surface area (Å²) in [5.74, 6) is 0.249. The van der Waals surface area contributed by atoms with Gasteiger partial charge in [0.05, 0.1) is 17.8 Å². The Kier molecular flexibility index (Phi) is 3.49. The lowest BCUT2D eigenvalue weighted by Gasteiger charge is -2.15. The van der Waals surface area contributed by atoms with Gasteiger partial charge in [-0.25, -0.2) is 8.96 Å². The molecule has 0 aliphatic carbocycles. The molecule has 1 aromatic heterocycles. The minimum absolute atomic E-state index is 0.0122. The molecule has 0 saturated heterocycles. The summed E-state index contributed by atoms with van der Waals surface area (Å²) in [6, 6.07) is 0. The summed E-state index contributed by atoms with van der Waals surface area (Å²) >= 11 is 0.